The predicted octanol–water partition coefficient (Wildman–Crippen LogP) is 9.91. The molecule has 0 spiro atoms. The van der Waals surface area contributed by atoms with Gasteiger partial charge in [-0.1, -0.05) is 103 Å². The number of hydrogen-bond acceptors (Lipinski definition) is 1. The lowest BCUT2D eigenvalue weighted by Gasteiger charge is -2.26. The summed E-state index contributed by atoms with van der Waals surface area (Å²) in [5.74, 6) is 0. The maximum absolute atomic E-state index is 2.42. The molecule has 208 valence electrons. The number of aromatic nitrogens is 1. The topological polar surface area (TPSA) is 8.17 Å². The van der Waals surface area contributed by atoms with Crippen molar-refractivity contribution in [2.45, 2.75) is 12.8 Å². The third-order valence-corrected chi connectivity index (χ3v) is 9.15. The van der Waals surface area contributed by atoms with Gasteiger partial charge < -0.3 is 9.47 Å². The van der Waals surface area contributed by atoms with Crippen molar-refractivity contribution < 1.29 is 0 Å². The average molecular weight is 563 g/mol. The van der Waals surface area contributed by atoms with Crippen molar-refractivity contribution in [1.82, 2.24) is 4.57 Å². The van der Waals surface area contributed by atoms with Crippen LogP contribution < -0.4 is 15.5 Å². The van der Waals surface area contributed by atoms with Gasteiger partial charge in [0.2, 0.25) is 0 Å². The molecule has 0 atom stereocenters. The van der Waals surface area contributed by atoms with E-state index in [2.05, 4.69) is 167 Å². The highest BCUT2D eigenvalue weighted by Gasteiger charge is 2.17. The monoisotopic (exact) mass is 562 g/mol. The minimum absolute atomic E-state index is 1.07. The van der Waals surface area contributed by atoms with Gasteiger partial charge in [-0.25, -0.2) is 0 Å². The number of para-hydroxylation sites is 2. The van der Waals surface area contributed by atoms with Crippen molar-refractivity contribution >= 4 is 72.4 Å². The summed E-state index contributed by atoms with van der Waals surface area (Å²) in [7, 11) is 0. The first-order valence-corrected chi connectivity index (χ1v) is 15.4. The van der Waals surface area contributed by atoms with Crippen LogP contribution in [0.15, 0.2) is 146 Å². The Kier molecular flexibility index (Phi) is 5.67. The highest BCUT2D eigenvalue weighted by Crippen LogP contribution is 2.39. The summed E-state index contributed by atoms with van der Waals surface area (Å²) >= 11 is 0. The number of hydrogen-bond donors (Lipinski definition) is 0. The molecule has 0 bridgehead atoms. The van der Waals surface area contributed by atoms with E-state index in [0.29, 0.717) is 0 Å². The second-order valence-corrected chi connectivity index (χ2v) is 11.7. The SMILES string of the molecule is C1=c2c(n(-c3ccccc3)c3ccc(N(c4ccccc4)c4ccc5ccc6c7ccccc7ccc6c5c4)cc23)=CCC1. The molecule has 1 aliphatic rings. The zero-order valence-corrected chi connectivity index (χ0v) is 24.3. The summed E-state index contributed by atoms with van der Waals surface area (Å²) in [4.78, 5) is 2.40. The zero-order valence-electron chi connectivity index (χ0n) is 24.3. The first-order chi connectivity index (χ1) is 21.8. The fourth-order valence-corrected chi connectivity index (χ4v) is 7.15. The molecule has 0 saturated carbocycles. The molecule has 0 N–H and O–H groups in total. The molecule has 0 saturated heterocycles. The van der Waals surface area contributed by atoms with Crippen LogP contribution in [0.25, 0.3) is 61.1 Å². The quantitative estimate of drug-likeness (QED) is 0.194. The molecule has 2 nitrogen and oxygen atoms in total. The number of fused-ring (bicyclic) bond motifs is 8. The fraction of sp³-hybridized carbons (Fsp3) is 0.0476. The molecule has 2 heteroatoms. The van der Waals surface area contributed by atoms with Gasteiger partial charge in [-0.2, -0.15) is 0 Å². The van der Waals surface area contributed by atoms with Crippen LogP contribution in [0.1, 0.15) is 12.8 Å². The van der Waals surface area contributed by atoms with E-state index >= 15 is 0 Å². The van der Waals surface area contributed by atoms with E-state index < -0.39 is 0 Å². The van der Waals surface area contributed by atoms with Crippen LogP contribution in [-0.4, -0.2) is 4.57 Å². The second kappa shape index (κ2) is 10.00. The smallest absolute Gasteiger partial charge is 0.0542 e. The van der Waals surface area contributed by atoms with Crippen LogP contribution in [0.4, 0.5) is 17.1 Å². The molecule has 44 heavy (non-hydrogen) atoms. The van der Waals surface area contributed by atoms with E-state index in [1.54, 1.807) is 0 Å². The molecule has 0 aliphatic heterocycles. The largest absolute Gasteiger partial charge is 0.310 e. The lowest BCUT2D eigenvalue weighted by molar-refractivity contribution is 1.02. The van der Waals surface area contributed by atoms with Gasteiger partial charge in [-0.3, -0.25) is 0 Å². The highest BCUT2D eigenvalue weighted by molar-refractivity contribution is 6.17. The molecule has 8 aromatic rings. The Balaban J connectivity index is 1.29. The summed E-state index contributed by atoms with van der Waals surface area (Å²) in [5.41, 5.74) is 5.88. The number of anilines is 3. The summed E-state index contributed by atoms with van der Waals surface area (Å²) in [5, 5.41) is 11.6. The van der Waals surface area contributed by atoms with Gasteiger partial charge in [0.1, 0.15) is 0 Å². The number of nitrogens with zero attached hydrogens (tertiary/aromatic N) is 2. The highest BCUT2D eigenvalue weighted by atomic mass is 15.1. The average Bonchev–Trinajstić information content (AvgIpc) is 3.43. The molecule has 9 rings (SSSR count). The molecular formula is C42H30N2. The van der Waals surface area contributed by atoms with E-state index in [9.17, 15) is 0 Å². The van der Waals surface area contributed by atoms with Crippen LogP contribution >= 0.6 is 0 Å². The minimum atomic E-state index is 1.07. The second-order valence-electron chi connectivity index (χ2n) is 11.7. The van der Waals surface area contributed by atoms with E-state index in [-0.39, 0.29) is 0 Å². The van der Waals surface area contributed by atoms with Gasteiger partial charge in [-0.05, 0) is 99.8 Å². The molecular weight excluding hydrogens is 532 g/mol. The maximum Gasteiger partial charge on any atom is 0.0542 e. The Hall–Kier alpha value is -5.60. The summed E-state index contributed by atoms with van der Waals surface area (Å²) in [6.07, 6.45) is 6.95. The fourth-order valence-electron chi connectivity index (χ4n) is 7.15. The van der Waals surface area contributed by atoms with Gasteiger partial charge in [0.15, 0.2) is 0 Å². The summed E-state index contributed by atoms with van der Waals surface area (Å²) in [6, 6.07) is 53.1. The number of rotatable bonds is 4. The van der Waals surface area contributed by atoms with Gasteiger partial charge in [0.25, 0.3) is 0 Å². The Bertz CT molecular complexity index is 2490. The van der Waals surface area contributed by atoms with Crippen LogP contribution in [0.2, 0.25) is 0 Å². The standard InChI is InChI=1S/C42H30N2/c1-3-12-31(13-4-1)43(33-22-19-30-21-24-36-35-16-8-7-11-29(35)20-25-37(36)39(30)27-33)34-23-26-42-40(28-34)38-17-9-10-18-41(38)44(42)32-14-5-2-6-15-32/h1-8,11-28H,9-10H2. The van der Waals surface area contributed by atoms with Crippen LogP contribution in [-0.2, 0) is 0 Å². The first kappa shape index (κ1) is 24.9. The molecule has 0 amide bonds. The van der Waals surface area contributed by atoms with E-state index in [0.717, 1.165) is 29.9 Å². The lowest BCUT2D eigenvalue weighted by Crippen LogP contribution is -2.30. The molecule has 1 aromatic heterocycles. The summed E-state index contributed by atoms with van der Waals surface area (Å²) in [6.45, 7) is 0. The van der Waals surface area contributed by atoms with Crippen molar-refractivity contribution in [3.05, 3.63) is 156 Å². The van der Waals surface area contributed by atoms with Gasteiger partial charge in [0, 0.05) is 38.7 Å². The predicted molar refractivity (Wildman–Crippen MR) is 188 cm³/mol. The Labute approximate surface area is 256 Å². The maximum atomic E-state index is 2.42. The normalized spacial score (nSPS) is 12.7. The molecule has 1 heterocycles. The third kappa shape index (κ3) is 3.88. The Morgan fingerprint density at radius 1 is 0.432 bits per heavy atom. The van der Waals surface area contributed by atoms with Crippen molar-refractivity contribution in [3.63, 3.8) is 0 Å². The molecule has 0 fully saturated rings. The molecule has 1 aliphatic carbocycles. The summed E-state index contributed by atoms with van der Waals surface area (Å²) < 4.78 is 2.42. The van der Waals surface area contributed by atoms with E-state index in [1.807, 2.05) is 0 Å². The van der Waals surface area contributed by atoms with Gasteiger partial charge >= 0.3 is 0 Å². The lowest BCUT2D eigenvalue weighted by atomic mass is 9.96. The Morgan fingerprint density at radius 3 is 1.86 bits per heavy atom. The van der Waals surface area contributed by atoms with Crippen molar-refractivity contribution in [1.29, 1.82) is 0 Å². The first-order valence-electron chi connectivity index (χ1n) is 15.4. The van der Waals surface area contributed by atoms with E-state index in [1.165, 1.54) is 59.5 Å². The third-order valence-electron chi connectivity index (χ3n) is 9.15. The number of benzene rings is 7. The van der Waals surface area contributed by atoms with Gasteiger partial charge in [0.05, 0.1) is 5.52 Å². The van der Waals surface area contributed by atoms with Crippen molar-refractivity contribution in [2.24, 2.45) is 0 Å². The molecule has 0 unspecified atom stereocenters. The van der Waals surface area contributed by atoms with Crippen LogP contribution in [0.3, 0.4) is 0 Å². The Morgan fingerprint density at radius 2 is 1.05 bits per heavy atom. The minimum Gasteiger partial charge on any atom is -0.310 e. The molecule has 0 radical (unpaired) electrons. The van der Waals surface area contributed by atoms with Gasteiger partial charge in [-0.15, -0.1) is 0 Å². The van der Waals surface area contributed by atoms with Crippen molar-refractivity contribution in [2.75, 3.05) is 4.90 Å². The zero-order chi connectivity index (χ0) is 29.0. The van der Waals surface area contributed by atoms with Crippen LogP contribution in [0.5, 0.6) is 0 Å². The van der Waals surface area contributed by atoms with E-state index in [4.69, 9.17) is 0 Å². The van der Waals surface area contributed by atoms with Crippen LogP contribution in [0, 0.1) is 0 Å². The van der Waals surface area contributed by atoms with Crippen molar-refractivity contribution in [3.8, 4) is 5.69 Å². The molecule has 7 aromatic carbocycles.